The summed E-state index contributed by atoms with van der Waals surface area (Å²) in [5, 5.41) is 19.5. The maximum absolute atomic E-state index is 14.0. The largest absolute Gasteiger partial charge is 0.508 e. The third-order valence-electron chi connectivity index (χ3n) is 7.64. The third kappa shape index (κ3) is 4.29. The number of hydrogen-bond acceptors (Lipinski definition) is 6. The number of para-hydroxylation sites is 1. The van der Waals surface area contributed by atoms with E-state index in [1.165, 1.54) is 0 Å². The number of nitrogens with one attached hydrogen (secondary N) is 1. The monoisotopic (exact) mass is 585 g/mol. The molecule has 2 unspecified atom stereocenters. The number of ether oxygens (including phenoxy) is 2. The summed E-state index contributed by atoms with van der Waals surface area (Å²) in [5.74, 6) is 1.78. The van der Waals surface area contributed by atoms with Crippen LogP contribution >= 0.6 is 15.9 Å². The number of aryl methyl sites for hydroxylation is 1. The summed E-state index contributed by atoms with van der Waals surface area (Å²) in [6.07, 6.45) is 0.975. The van der Waals surface area contributed by atoms with Crippen molar-refractivity contribution in [3.05, 3.63) is 105 Å². The lowest BCUT2D eigenvalue weighted by Gasteiger charge is -2.36. The Morgan fingerprint density at radius 3 is 2.51 bits per heavy atom. The fraction of sp³-hybridized carbons (Fsp3) is 0.226. The minimum atomic E-state index is -0.454. The quantitative estimate of drug-likeness (QED) is 0.273. The maximum atomic E-state index is 14.0. The lowest BCUT2D eigenvalue weighted by molar-refractivity contribution is -0.116. The van der Waals surface area contributed by atoms with Crippen molar-refractivity contribution in [3.8, 4) is 22.9 Å². The second kappa shape index (κ2) is 9.93. The fourth-order valence-corrected chi connectivity index (χ4v) is 6.22. The number of Topliss-reactive ketones (excluding diaryl/α,β-unsaturated/α-hetero) is 1. The highest BCUT2D eigenvalue weighted by atomic mass is 79.9. The van der Waals surface area contributed by atoms with E-state index in [0.717, 1.165) is 38.5 Å². The van der Waals surface area contributed by atoms with E-state index in [1.54, 1.807) is 26.4 Å². The lowest BCUT2D eigenvalue weighted by Crippen LogP contribution is -2.30. The van der Waals surface area contributed by atoms with E-state index in [9.17, 15) is 9.90 Å². The van der Waals surface area contributed by atoms with Crippen LogP contribution in [0.1, 0.15) is 47.1 Å². The van der Waals surface area contributed by atoms with Gasteiger partial charge in [0.25, 0.3) is 0 Å². The number of anilines is 1. The average Bonchev–Trinajstić information content (AvgIpc) is 3.29. The van der Waals surface area contributed by atoms with Gasteiger partial charge >= 0.3 is 0 Å². The Bertz CT molecular complexity index is 1630. The standard InChI is InChI=1S/C31H28BrN3O4/c1-17-28-29(22-16-20(32)10-11-24(22)36)30-23(33-31(28)35(34-17)21-7-5-4-6-8-21)13-19(14-25(30)37)18-9-12-26(38-2)27(15-18)39-3/h4-12,15-16,19,29,33,36H,13-14H2,1-3H3. The lowest BCUT2D eigenvalue weighted by atomic mass is 9.72. The molecule has 2 aliphatic rings. The second-order valence-electron chi connectivity index (χ2n) is 9.89. The van der Waals surface area contributed by atoms with Gasteiger partial charge in [0.05, 0.1) is 25.6 Å². The summed E-state index contributed by atoms with van der Waals surface area (Å²) >= 11 is 3.56. The Kier molecular flexibility index (Phi) is 6.43. The van der Waals surface area contributed by atoms with Crippen LogP contribution in [0.4, 0.5) is 5.82 Å². The van der Waals surface area contributed by atoms with Gasteiger partial charge in [-0.25, -0.2) is 4.68 Å². The van der Waals surface area contributed by atoms with Crippen LogP contribution in [0.15, 0.2) is 82.5 Å². The molecule has 1 aliphatic heterocycles. The van der Waals surface area contributed by atoms with Crippen LogP contribution in [-0.2, 0) is 4.79 Å². The molecule has 0 fully saturated rings. The average molecular weight is 586 g/mol. The van der Waals surface area contributed by atoms with Gasteiger partial charge in [0.2, 0.25) is 0 Å². The Balaban J connectivity index is 1.52. The molecule has 2 N–H and O–H groups in total. The molecule has 4 aromatic rings. The summed E-state index contributed by atoms with van der Waals surface area (Å²) in [6, 6.07) is 21.1. The number of allylic oxidation sites excluding steroid dienone is 2. The van der Waals surface area contributed by atoms with Crippen molar-refractivity contribution in [2.24, 2.45) is 0 Å². The van der Waals surface area contributed by atoms with Crippen LogP contribution in [0.5, 0.6) is 17.2 Å². The third-order valence-corrected chi connectivity index (χ3v) is 8.13. The molecule has 1 aromatic heterocycles. The van der Waals surface area contributed by atoms with Gasteiger partial charge in [-0.1, -0.05) is 40.2 Å². The van der Waals surface area contributed by atoms with E-state index in [2.05, 4.69) is 21.2 Å². The Morgan fingerprint density at radius 1 is 1.00 bits per heavy atom. The molecule has 0 bridgehead atoms. The van der Waals surface area contributed by atoms with Gasteiger partial charge in [-0.05, 0) is 67.3 Å². The number of fused-ring (bicyclic) bond motifs is 1. The van der Waals surface area contributed by atoms with Crippen LogP contribution in [0.3, 0.4) is 0 Å². The van der Waals surface area contributed by atoms with Crippen molar-refractivity contribution in [3.63, 3.8) is 0 Å². The van der Waals surface area contributed by atoms with E-state index < -0.39 is 5.92 Å². The highest BCUT2D eigenvalue weighted by molar-refractivity contribution is 9.10. The number of carbonyl (C=O) groups is 1. The SMILES string of the molecule is COc1ccc(C2CC(=O)C3=C(C2)Nc2c(c(C)nn2-c2ccccc2)C3c2cc(Br)ccc2O)cc1OC. The van der Waals surface area contributed by atoms with Crippen LogP contribution < -0.4 is 14.8 Å². The van der Waals surface area contributed by atoms with Crippen molar-refractivity contribution in [1.29, 1.82) is 0 Å². The van der Waals surface area contributed by atoms with Crippen molar-refractivity contribution in [2.75, 3.05) is 19.5 Å². The number of carbonyl (C=O) groups excluding carboxylic acids is 1. The number of phenols is 1. The van der Waals surface area contributed by atoms with Gasteiger partial charge in [-0.3, -0.25) is 4.79 Å². The number of methoxy groups -OCH3 is 2. The normalized spacial score (nSPS) is 18.3. The number of phenolic OH excluding ortho intramolecular Hbond substituents is 1. The fourth-order valence-electron chi connectivity index (χ4n) is 5.84. The Morgan fingerprint density at radius 2 is 1.77 bits per heavy atom. The summed E-state index contributed by atoms with van der Waals surface area (Å²) in [5.41, 5.74) is 5.82. The molecule has 3 aromatic carbocycles. The topological polar surface area (TPSA) is 85.6 Å². The summed E-state index contributed by atoms with van der Waals surface area (Å²) in [7, 11) is 3.22. The predicted molar refractivity (Wildman–Crippen MR) is 153 cm³/mol. The molecule has 1 aliphatic carbocycles. The summed E-state index contributed by atoms with van der Waals surface area (Å²) in [4.78, 5) is 14.0. The zero-order valence-corrected chi connectivity index (χ0v) is 23.5. The first-order chi connectivity index (χ1) is 18.9. The van der Waals surface area contributed by atoms with E-state index in [0.29, 0.717) is 35.5 Å². The zero-order chi connectivity index (χ0) is 27.3. The Labute approximate surface area is 235 Å². The number of ketones is 1. The first-order valence-corrected chi connectivity index (χ1v) is 13.6. The summed E-state index contributed by atoms with van der Waals surface area (Å²) in [6.45, 7) is 1.95. The number of rotatable bonds is 5. The van der Waals surface area contributed by atoms with Crippen LogP contribution in [0.2, 0.25) is 0 Å². The molecule has 0 saturated carbocycles. The smallest absolute Gasteiger partial charge is 0.162 e. The molecule has 0 radical (unpaired) electrons. The molecule has 0 saturated heterocycles. The predicted octanol–water partition coefficient (Wildman–Crippen LogP) is 6.62. The second-order valence-corrected chi connectivity index (χ2v) is 10.8. The molecule has 2 atom stereocenters. The van der Waals surface area contributed by atoms with Gasteiger partial charge in [0, 0.05) is 39.2 Å². The Hall–Kier alpha value is -4.04. The number of nitrogens with zero attached hydrogens (tertiary/aromatic N) is 2. The van der Waals surface area contributed by atoms with Crippen LogP contribution in [0.25, 0.3) is 5.69 Å². The number of benzene rings is 3. The molecule has 2 heterocycles. The molecule has 39 heavy (non-hydrogen) atoms. The van der Waals surface area contributed by atoms with E-state index in [1.807, 2.05) is 66.2 Å². The minimum absolute atomic E-state index is 0.0453. The molecule has 0 amide bonds. The van der Waals surface area contributed by atoms with E-state index in [4.69, 9.17) is 14.6 Å². The van der Waals surface area contributed by atoms with Gasteiger partial charge in [0.15, 0.2) is 17.3 Å². The highest BCUT2D eigenvalue weighted by Crippen LogP contribution is 2.51. The molecular weight excluding hydrogens is 558 g/mol. The molecule has 7 nitrogen and oxygen atoms in total. The molecule has 198 valence electrons. The van der Waals surface area contributed by atoms with Gasteiger partial charge in [0.1, 0.15) is 11.6 Å². The van der Waals surface area contributed by atoms with Gasteiger partial charge < -0.3 is 19.9 Å². The first-order valence-electron chi connectivity index (χ1n) is 12.8. The number of aromatic nitrogens is 2. The number of hydrogen-bond donors (Lipinski definition) is 2. The van der Waals surface area contributed by atoms with Gasteiger partial charge in [-0.15, -0.1) is 0 Å². The maximum Gasteiger partial charge on any atom is 0.162 e. The van der Waals surface area contributed by atoms with Crippen molar-refractivity contribution in [1.82, 2.24) is 9.78 Å². The summed E-state index contributed by atoms with van der Waals surface area (Å²) < 4.78 is 13.7. The van der Waals surface area contributed by atoms with Crippen molar-refractivity contribution >= 4 is 27.5 Å². The number of aromatic hydroxyl groups is 1. The minimum Gasteiger partial charge on any atom is -0.508 e. The molecule has 6 rings (SSSR count). The molecular formula is C31H28BrN3O4. The van der Waals surface area contributed by atoms with Gasteiger partial charge in [-0.2, -0.15) is 5.10 Å². The zero-order valence-electron chi connectivity index (χ0n) is 21.9. The number of halogens is 1. The van der Waals surface area contributed by atoms with Crippen LogP contribution in [0, 0.1) is 6.92 Å². The van der Waals surface area contributed by atoms with E-state index >= 15 is 0 Å². The first kappa shape index (κ1) is 25.2. The molecule has 8 heteroatoms. The molecule has 0 spiro atoms. The van der Waals surface area contributed by atoms with E-state index in [-0.39, 0.29) is 17.5 Å². The highest BCUT2D eigenvalue weighted by Gasteiger charge is 2.42. The van der Waals surface area contributed by atoms with Crippen molar-refractivity contribution < 1.29 is 19.4 Å². The van der Waals surface area contributed by atoms with Crippen molar-refractivity contribution in [2.45, 2.75) is 31.6 Å². The van der Waals surface area contributed by atoms with Crippen LogP contribution in [-0.4, -0.2) is 34.9 Å².